The van der Waals surface area contributed by atoms with Crippen molar-refractivity contribution in [2.24, 2.45) is 0 Å². The molecular formula is C3H6N2O+. The van der Waals surface area contributed by atoms with E-state index in [4.69, 9.17) is 0 Å². The molecule has 0 fully saturated rings. The Balaban J connectivity index is 2.26. The lowest BCUT2D eigenvalue weighted by atomic mass is 10.7. The summed E-state index contributed by atoms with van der Waals surface area (Å²) in [5, 5.41) is 0. The molecule has 0 spiro atoms. The van der Waals surface area contributed by atoms with Crippen LogP contribution in [0.5, 0.6) is 0 Å². The third-order valence-corrected chi connectivity index (χ3v) is 0.550. The molecule has 3 heteroatoms. The van der Waals surface area contributed by atoms with Gasteiger partial charge in [-0.15, -0.1) is 5.48 Å². The van der Waals surface area contributed by atoms with Crippen LogP contribution in [0, 0.1) is 0 Å². The molecule has 1 radical (unpaired) electrons. The average molecular weight is 86.1 g/mol. The minimum Gasteiger partial charge on any atom is -0.193 e. The minimum atomic E-state index is 0.691. The third-order valence-electron chi connectivity index (χ3n) is 0.550. The molecule has 1 N–H and O–H groups in total. The molecule has 0 saturated heterocycles. The molecule has 3 nitrogen and oxygen atoms in total. The van der Waals surface area contributed by atoms with E-state index in [1.807, 2.05) is 0 Å². The van der Waals surface area contributed by atoms with Crippen LogP contribution in [-0.2, 0) is 4.84 Å². The minimum absolute atomic E-state index is 0.691. The number of hydrogen-bond donors (Lipinski definition) is 1. The van der Waals surface area contributed by atoms with E-state index in [1.165, 1.54) is 0 Å². The molecule has 1 aliphatic heterocycles. The van der Waals surface area contributed by atoms with Gasteiger partial charge in [-0.05, 0) is 0 Å². The third kappa shape index (κ3) is 0.687. The Morgan fingerprint density at radius 1 is 1.83 bits per heavy atom. The van der Waals surface area contributed by atoms with Gasteiger partial charge in [0.15, 0.2) is 6.54 Å². The average Bonchev–Trinajstić information content (AvgIpc) is 1.72. The topological polar surface area (TPSA) is 35.4 Å². The Morgan fingerprint density at radius 2 is 2.83 bits per heavy atom. The predicted molar refractivity (Wildman–Crippen MR) is 22.2 cm³/mol. The Hall–Kier alpha value is -0.570. The van der Waals surface area contributed by atoms with Crippen molar-refractivity contribution < 1.29 is 4.84 Å². The maximum atomic E-state index is 4.67. The number of aliphatic imine (C=N–C) groups is 1. The van der Waals surface area contributed by atoms with E-state index in [-0.39, 0.29) is 0 Å². The lowest BCUT2D eigenvalue weighted by Crippen LogP contribution is -2.25. The summed E-state index contributed by atoms with van der Waals surface area (Å²) in [6.07, 6.45) is 1.55. The normalized spacial score (nSPS) is 20.0. The van der Waals surface area contributed by atoms with Crippen molar-refractivity contribution >= 4 is 6.34 Å². The molecule has 33 valence electrons. The van der Waals surface area contributed by atoms with Crippen LogP contribution in [0.2, 0.25) is 0 Å². The number of hydroxylamine groups is 1. The van der Waals surface area contributed by atoms with Gasteiger partial charge in [-0.2, -0.15) is 4.84 Å². The maximum absolute atomic E-state index is 4.67. The van der Waals surface area contributed by atoms with Crippen LogP contribution in [-0.4, -0.2) is 19.5 Å². The second kappa shape index (κ2) is 1.77. The van der Waals surface area contributed by atoms with Crippen LogP contribution in [0.25, 0.3) is 0 Å². The Bertz CT molecular complexity index is 53.8. The zero-order chi connectivity index (χ0) is 4.24. The summed E-state index contributed by atoms with van der Waals surface area (Å²) in [6.45, 7) is 1.48. The first-order chi connectivity index (χ1) is 3.00. The lowest BCUT2D eigenvalue weighted by Gasteiger charge is -1.91. The van der Waals surface area contributed by atoms with Gasteiger partial charge in [-0.1, -0.05) is 4.99 Å². The summed E-state index contributed by atoms with van der Waals surface area (Å²) >= 11 is 0. The monoisotopic (exact) mass is 86.0 g/mol. The standard InChI is InChI=1S/C3H6N2O/c1-2-6-5-3-4-1/h3,5H,1-2H2/q+1. The zero-order valence-electron chi connectivity index (χ0n) is 3.35. The van der Waals surface area contributed by atoms with Gasteiger partial charge in [0.05, 0.1) is 0 Å². The SMILES string of the molecule is C1=[N+]CCON1. The van der Waals surface area contributed by atoms with Gasteiger partial charge < -0.3 is 0 Å². The zero-order valence-corrected chi connectivity index (χ0v) is 3.35. The summed E-state index contributed by atoms with van der Waals surface area (Å²) < 4.78 is 0. The summed E-state index contributed by atoms with van der Waals surface area (Å²) in [7, 11) is 0. The smallest absolute Gasteiger partial charge is 0.193 e. The van der Waals surface area contributed by atoms with Crippen LogP contribution in [0.1, 0.15) is 0 Å². The van der Waals surface area contributed by atoms with Crippen molar-refractivity contribution in [3.63, 3.8) is 0 Å². The molecule has 0 atom stereocenters. The highest BCUT2D eigenvalue weighted by molar-refractivity contribution is 5.51. The molecule has 0 bridgehead atoms. The van der Waals surface area contributed by atoms with E-state index >= 15 is 0 Å². The Morgan fingerprint density at radius 3 is 3.00 bits per heavy atom. The van der Waals surface area contributed by atoms with E-state index < -0.39 is 0 Å². The van der Waals surface area contributed by atoms with Crippen molar-refractivity contribution in [3.05, 3.63) is 0 Å². The van der Waals surface area contributed by atoms with Gasteiger partial charge in [0.2, 0.25) is 0 Å². The van der Waals surface area contributed by atoms with Crippen LogP contribution >= 0.6 is 0 Å². The van der Waals surface area contributed by atoms with E-state index in [0.29, 0.717) is 6.61 Å². The first-order valence-corrected chi connectivity index (χ1v) is 1.86. The lowest BCUT2D eigenvalue weighted by molar-refractivity contribution is 0.0825. The van der Waals surface area contributed by atoms with Crippen LogP contribution in [0.3, 0.4) is 0 Å². The van der Waals surface area contributed by atoms with Crippen molar-refractivity contribution in [1.29, 1.82) is 0 Å². The van der Waals surface area contributed by atoms with Gasteiger partial charge in [-0.25, -0.2) is 0 Å². The fraction of sp³-hybridized carbons (Fsp3) is 0.667. The van der Waals surface area contributed by atoms with Crippen molar-refractivity contribution in [2.45, 2.75) is 0 Å². The summed E-state index contributed by atoms with van der Waals surface area (Å²) in [5.74, 6) is 0. The first-order valence-electron chi connectivity index (χ1n) is 1.86. The van der Waals surface area contributed by atoms with Crippen LogP contribution in [0.15, 0.2) is 0 Å². The van der Waals surface area contributed by atoms with Gasteiger partial charge in [0.25, 0.3) is 0 Å². The second-order valence-corrected chi connectivity index (χ2v) is 1.00. The molecule has 0 saturated carbocycles. The number of hydrogen-bond acceptors (Lipinski definition) is 3. The molecule has 0 aromatic carbocycles. The quantitative estimate of drug-likeness (QED) is 0.405. The highest BCUT2D eigenvalue weighted by atomic mass is 16.6. The highest BCUT2D eigenvalue weighted by Crippen LogP contribution is 1.64. The van der Waals surface area contributed by atoms with E-state index in [1.54, 1.807) is 6.34 Å². The van der Waals surface area contributed by atoms with E-state index in [0.717, 1.165) is 6.54 Å². The van der Waals surface area contributed by atoms with Gasteiger partial charge in [0, 0.05) is 0 Å². The molecule has 6 heavy (non-hydrogen) atoms. The maximum Gasteiger partial charge on any atom is 0.303 e. The Kier molecular flexibility index (Phi) is 1.06. The van der Waals surface area contributed by atoms with E-state index in [9.17, 15) is 0 Å². The number of nitrogens with one attached hydrogen (secondary N) is 1. The highest BCUT2D eigenvalue weighted by Gasteiger charge is 1.95. The molecule has 1 heterocycles. The van der Waals surface area contributed by atoms with Crippen molar-refractivity contribution in [3.8, 4) is 0 Å². The van der Waals surface area contributed by atoms with Crippen LogP contribution in [0.4, 0.5) is 0 Å². The van der Waals surface area contributed by atoms with Crippen molar-refractivity contribution in [2.75, 3.05) is 13.2 Å². The van der Waals surface area contributed by atoms with Crippen LogP contribution < -0.4 is 10.5 Å². The van der Waals surface area contributed by atoms with E-state index in [2.05, 4.69) is 15.3 Å². The summed E-state index contributed by atoms with van der Waals surface area (Å²) in [6, 6.07) is 0. The predicted octanol–water partition coefficient (Wildman–Crippen LogP) is -1.11. The molecular weight excluding hydrogens is 80.0 g/mol. The Labute approximate surface area is 36.0 Å². The van der Waals surface area contributed by atoms with Gasteiger partial charge in [-0.3, -0.25) is 0 Å². The fourth-order valence-corrected chi connectivity index (χ4v) is 0.296. The molecule has 0 aromatic rings. The molecule has 1 aliphatic rings. The fourth-order valence-electron chi connectivity index (χ4n) is 0.296. The molecule has 0 aliphatic carbocycles. The number of rotatable bonds is 0. The largest absolute Gasteiger partial charge is 0.303 e. The summed E-state index contributed by atoms with van der Waals surface area (Å²) in [5.41, 5.74) is 2.49. The molecule has 0 amide bonds. The molecule has 0 aromatic heterocycles. The first kappa shape index (κ1) is 3.61. The molecule has 1 rings (SSSR count). The van der Waals surface area contributed by atoms with Crippen molar-refractivity contribution in [1.82, 2.24) is 10.5 Å². The summed E-state index contributed by atoms with van der Waals surface area (Å²) in [4.78, 5) is 8.49. The number of nitrogens with zero attached hydrogens (tertiary/aromatic N) is 1. The van der Waals surface area contributed by atoms with Gasteiger partial charge in [0.1, 0.15) is 6.61 Å². The van der Waals surface area contributed by atoms with Gasteiger partial charge >= 0.3 is 6.34 Å². The molecule has 0 unspecified atom stereocenters. The second-order valence-electron chi connectivity index (χ2n) is 1.00.